The summed E-state index contributed by atoms with van der Waals surface area (Å²) in [5.41, 5.74) is 3.28. The lowest BCUT2D eigenvalue weighted by atomic mass is 10.1. The van der Waals surface area contributed by atoms with E-state index in [2.05, 4.69) is 35.5 Å². The molecule has 0 aliphatic heterocycles. The van der Waals surface area contributed by atoms with Crippen molar-refractivity contribution in [2.24, 2.45) is 0 Å². The van der Waals surface area contributed by atoms with Gasteiger partial charge in [-0.05, 0) is 62.3 Å². The number of methoxy groups -OCH3 is 1. The number of hydrogen-bond acceptors (Lipinski definition) is 4. The zero-order valence-electron chi connectivity index (χ0n) is 14.4. The molecule has 2 aromatic rings. The highest BCUT2D eigenvalue weighted by molar-refractivity contribution is 7.80. The Bertz CT molecular complexity index is 689. The van der Waals surface area contributed by atoms with Gasteiger partial charge in [0.15, 0.2) is 5.11 Å². The van der Waals surface area contributed by atoms with Gasteiger partial charge in [-0.2, -0.15) is 0 Å². The number of aryl methyl sites for hydroxylation is 2. The van der Waals surface area contributed by atoms with Crippen LogP contribution in [0.3, 0.4) is 0 Å². The van der Waals surface area contributed by atoms with Crippen molar-refractivity contribution >= 4 is 23.0 Å². The summed E-state index contributed by atoms with van der Waals surface area (Å²) in [5.74, 6) is 1.43. The molecule has 0 amide bonds. The van der Waals surface area contributed by atoms with Gasteiger partial charge in [0.2, 0.25) is 5.88 Å². The fourth-order valence-electron chi connectivity index (χ4n) is 2.03. The number of benzene rings is 1. The van der Waals surface area contributed by atoms with Gasteiger partial charge in [0.05, 0.1) is 25.0 Å². The standard InChI is InChI=1S/C18H23N3O2S/c1-12-5-7-16(9-13(12)2)23-11-14(3)20-18(24)21-15-6-8-17(22-4)19-10-15/h5-10,14H,11H2,1-4H3,(H2,20,21,24). The molecule has 0 aliphatic carbocycles. The number of anilines is 1. The Labute approximate surface area is 148 Å². The van der Waals surface area contributed by atoms with E-state index in [1.807, 2.05) is 25.1 Å². The molecule has 2 N–H and O–H groups in total. The summed E-state index contributed by atoms with van der Waals surface area (Å²) < 4.78 is 10.8. The molecule has 5 nitrogen and oxygen atoms in total. The van der Waals surface area contributed by atoms with E-state index in [0.29, 0.717) is 17.6 Å². The van der Waals surface area contributed by atoms with Crippen LogP contribution in [-0.2, 0) is 0 Å². The minimum absolute atomic E-state index is 0.0674. The molecule has 0 radical (unpaired) electrons. The summed E-state index contributed by atoms with van der Waals surface area (Å²) in [6, 6.07) is 9.78. The van der Waals surface area contributed by atoms with Gasteiger partial charge in [-0.3, -0.25) is 0 Å². The fraction of sp³-hybridized carbons (Fsp3) is 0.333. The van der Waals surface area contributed by atoms with Crippen molar-refractivity contribution in [3.63, 3.8) is 0 Å². The van der Waals surface area contributed by atoms with Crippen molar-refractivity contribution in [3.8, 4) is 11.6 Å². The van der Waals surface area contributed by atoms with Gasteiger partial charge in [-0.15, -0.1) is 0 Å². The second kappa shape index (κ2) is 8.49. The Morgan fingerprint density at radius 1 is 1.21 bits per heavy atom. The molecule has 2 rings (SSSR count). The highest BCUT2D eigenvalue weighted by Crippen LogP contribution is 2.16. The van der Waals surface area contributed by atoms with E-state index in [0.717, 1.165) is 11.4 Å². The average Bonchev–Trinajstić information content (AvgIpc) is 2.56. The first-order valence-corrected chi connectivity index (χ1v) is 8.16. The largest absolute Gasteiger partial charge is 0.491 e. The van der Waals surface area contributed by atoms with Crippen LogP contribution in [0.4, 0.5) is 5.69 Å². The van der Waals surface area contributed by atoms with E-state index < -0.39 is 0 Å². The number of nitrogens with zero attached hydrogens (tertiary/aromatic N) is 1. The van der Waals surface area contributed by atoms with Crippen LogP contribution in [0.15, 0.2) is 36.5 Å². The van der Waals surface area contributed by atoms with Gasteiger partial charge in [0, 0.05) is 6.07 Å². The third kappa shape index (κ3) is 5.38. The van der Waals surface area contributed by atoms with Crippen LogP contribution in [0.1, 0.15) is 18.1 Å². The molecule has 24 heavy (non-hydrogen) atoms. The number of pyridine rings is 1. The topological polar surface area (TPSA) is 55.4 Å². The number of ether oxygens (including phenoxy) is 2. The molecule has 0 aliphatic rings. The van der Waals surface area contributed by atoms with Crippen LogP contribution < -0.4 is 20.1 Å². The van der Waals surface area contributed by atoms with E-state index in [9.17, 15) is 0 Å². The van der Waals surface area contributed by atoms with Gasteiger partial charge in [0.1, 0.15) is 12.4 Å². The van der Waals surface area contributed by atoms with Crippen molar-refractivity contribution < 1.29 is 9.47 Å². The quantitative estimate of drug-likeness (QED) is 0.782. The normalized spacial score (nSPS) is 11.5. The van der Waals surface area contributed by atoms with E-state index in [4.69, 9.17) is 21.7 Å². The summed E-state index contributed by atoms with van der Waals surface area (Å²) in [7, 11) is 1.58. The summed E-state index contributed by atoms with van der Waals surface area (Å²) in [6.45, 7) is 6.69. The maximum absolute atomic E-state index is 5.81. The minimum Gasteiger partial charge on any atom is -0.491 e. The first-order chi connectivity index (χ1) is 11.5. The Morgan fingerprint density at radius 3 is 2.62 bits per heavy atom. The van der Waals surface area contributed by atoms with Gasteiger partial charge < -0.3 is 20.1 Å². The summed E-state index contributed by atoms with van der Waals surface area (Å²) in [6.07, 6.45) is 1.67. The lowest BCUT2D eigenvalue weighted by molar-refractivity contribution is 0.287. The Kier molecular flexibility index (Phi) is 6.37. The highest BCUT2D eigenvalue weighted by atomic mass is 32.1. The number of hydrogen-bond donors (Lipinski definition) is 2. The van der Waals surface area contributed by atoms with Gasteiger partial charge in [-0.1, -0.05) is 6.07 Å². The van der Waals surface area contributed by atoms with Crippen LogP contribution in [0, 0.1) is 13.8 Å². The maximum atomic E-state index is 5.81. The minimum atomic E-state index is 0.0674. The first-order valence-electron chi connectivity index (χ1n) is 7.75. The summed E-state index contributed by atoms with van der Waals surface area (Å²) >= 11 is 5.31. The van der Waals surface area contributed by atoms with E-state index in [1.54, 1.807) is 19.4 Å². The molecule has 1 aromatic carbocycles. The van der Waals surface area contributed by atoms with Crippen LogP contribution in [0.25, 0.3) is 0 Å². The van der Waals surface area contributed by atoms with Gasteiger partial charge >= 0.3 is 0 Å². The molecule has 0 bridgehead atoms. The van der Waals surface area contributed by atoms with E-state index in [1.165, 1.54) is 11.1 Å². The zero-order valence-corrected chi connectivity index (χ0v) is 15.2. The van der Waals surface area contributed by atoms with Crippen molar-refractivity contribution in [1.82, 2.24) is 10.3 Å². The van der Waals surface area contributed by atoms with Crippen molar-refractivity contribution in [2.45, 2.75) is 26.8 Å². The summed E-state index contributed by atoms with van der Waals surface area (Å²) in [5, 5.41) is 6.80. The average molecular weight is 345 g/mol. The third-order valence-electron chi connectivity index (χ3n) is 3.56. The number of aromatic nitrogens is 1. The van der Waals surface area contributed by atoms with E-state index >= 15 is 0 Å². The molecule has 0 fully saturated rings. The monoisotopic (exact) mass is 345 g/mol. The van der Waals surface area contributed by atoms with Crippen LogP contribution in [-0.4, -0.2) is 29.9 Å². The molecule has 1 heterocycles. The maximum Gasteiger partial charge on any atom is 0.213 e. The Morgan fingerprint density at radius 2 is 2.00 bits per heavy atom. The molecule has 1 unspecified atom stereocenters. The predicted octanol–water partition coefficient (Wildman–Crippen LogP) is 3.46. The van der Waals surface area contributed by atoms with Crippen LogP contribution in [0.2, 0.25) is 0 Å². The molecular formula is C18H23N3O2S. The predicted molar refractivity (Wildman–Crippen MR) is 101 cm³/mol. The Balaban J connectivity index is 1.79. The number of thiocarbonyl (C=S) groups is 1. The van der Waals surface area contributed by atoms with Gasteiger partial charge in [-0.25, -0.2) is 4.98 Å². The third-order valence-corrected chi connectivity index (χ3v) is 3.78. The fourth-order valence-corrected chi connectivity index (χ4v) is 2.35. The smallest absolute Gasteiger partial charge is 0.213 e. The molecule has 0 saturated carbocycles. The van der Waals surface area contributed by atoms with Crippen molar-refractivity contribution in [3.05, 3.63) is 47.7 Å². The second-order valence-electron chi connectivity index (χ2n) is 5.65. The van der Waals surface area contributed by atoms with E-state index in [-0.39, 0.29) is 6.04 Å². The molecule has 6 heteroatoms. The Hall–Kier alpha value is -2.34. The van der Waals surface area contributed by atoms with Crippen molar-refractivity contribution in [1.29, 1.82) is 0 Å². The summed E-state index contributed by atoms with van der Waals surface area (Å²) in [4.78, 5) is 4.12. The first kappa shape index (κ1) is 18.0. The molecule has 1 atom stereocenters. The van der Waals surface area contributed by atoms with Crippen LogP contribution in [0.5, 0.6) is 11.6 Å². The molecule has 0 saturated heterocycles. The zero-order chi connectivity index (χ0) is 17.5. The number of rotatable bonds is 6. The number of nitrogens with one attached hydrogen (secondary N) is 2. The molecule has 1 aromatic heterocycles. The SMILES string of the molecule is COc1ccc(NC(=S)NC(C)COc2ccc(C)c(C)c2)cn1. The lowest BCUT2D eigenvalue weighted by Gasteiger charge is -2.18. The van der Waals surface area contributed by atoms with Crippen LogP contribution >= 0.6 is 12.2 Å². The molecular weight excluding hydrogens is 322 g/mol. The van der Waals surface area contributed by atoms with Crippen molar-refractivity contribution in [2.75, 3.05) is 19.0 Å². The molecule has 0 spiro atoms. The van der Waals surface area contributed by atoms with Gasteiger partial charge in [0.25, 0.3) is 0 Å². The lowest BCUT2D eigenvalue weighted by Crippen LogP contribution is -2.39. The molecule has 128 valence electrons. The highest BCUT2D eigenvalue weighted by Gasteiger charge is 2.06. The second-order valence-corrected chi connectivity index (χ2v) is 6.05.